The normalized spacial score (nSPS) is 19.3. The van der Waals surface area contributed by atoms with Gasteiger partial charge < -0.3 is 10.0 Å². The maximum atomic E-state index is 12.3. The number of carbonyl (C=O) groups is 2. The third-order valence-corrected chi connectivity index (χ3v) is 3.73. The van der Waals surface area contributed by atoms with E-state index < -0.39 is 11.9 Å². The van der Waals surface area contributed by atoms with Crippen molar-refractivity contribution in [2.24, 2.45) is 5.92 Å². The van der Waals surface area contributed by atoms with Gasteiger partial charge in [-0.05, 0) is 37.5 Å². The van der Waals surface area contributed by atoms with E-state index in [1.807, 2.05) is 13.0 Å². The number of piperidine rings is 1. The number of benzene rings is 1. The lowest BCUT2D eigenvalue weighted by Crippen LogP contribution is -2.42. The first kappa shape index (κ1) is 13.9. The fraction of sp³-hybridized carbons (Fsp3) is 0.429. The van der Waals surface area contributed by atoms with Crippen molar-refractivity contribution in [2.75, 3.05) is 13.1 Å². The van der Waals surface area contributed by atoms with Crippen molar-refractivity contribution >= 4 is 23.5 Å². The topological polar surface area (TPSA) is 57.6 Å². The van der Waals surface area contributed by atoms with Gasteiger partial charge in [-0.15, -0.1) is 0 Å². The molecule has 1 unspecified atom stereocenters. The van der Waals surface area contributed by atoms with Crippen molar-refractivity contribution in [1.82, 2.24) is 4.90 Å². The number of rotatable bonds is 2. The van der Waals surface area contributed by atoms with Gasteiger partial charge in [0, 0.05) is 13.1 Å². The number of carboxylic acid groups (broad SMARTS) is 1. The summed E-state index contributed by atoms with van der Waals surface area (Å²) in [6.45, 7) is 2.76. The fourth-order valence-electron chi connectivity index (χ4n) is 2.33. The molecule has 0 aromatic heterocycles. The van der Waals surface area contributed by atoms with E-state index in [4.69, 9.17) is 16.7 Å². The van der Waals surface area contributed by atoms with E-state index in [1.165, 1.54) is 0 Å². The van der Waals surface area contributed by atoms with Crippen LogP contribution in [0, 0.1) is 12.8 Å². The second-order valence-corrected chi connectivity index (χ2v) is 5.32. The van der Waals surface area contributed by atoms with E-state index in [9.17, 15) is 9.59 Å². The summed E-state index contributed by atoms with van der Waals surface area (Å²) >= 11 is 6.08. The summed E-state index contributed by atoms with van der Waals surface area (Å²) in [6.07, 6.45) is 1.34. The molecule has 0 radical (unpaired) electrons. The molecule has 1 N–H and O–H groups in total. The second kappa shape index (κ2) is 5.61. The van der Waals surface area contributed by atoms with Crippen LogP contribution in [0.5, 0.6) is 0 Å². The third kappa shape index (κ3) is 3.07. The number of likely N-dealkylation sites (tertiary alicyclic amines) is 1. The maximum absolute atomic E-state index is 12.3. The lowest BCUT2D eigenvalue weighted by molar-refractivity contribution is -0.143. The number of carboxylic acids is 1. The molecule has 2 rings (SSSR count). The lowest BCUT2D eigenvalue weighted by Gasteiger charge is -2.31. The van der Waals surface area contributed by atoms with Gasteiger partial charge in [-0.2, -0.15) is 0 Å². The summed E-state index contributed by atoms with van der Waals surface area (Å²) in [6, 6.07) is 5.27. The largest absolute Gasteiger partial charge is 0.481 e. The van der Waals surface area contributed by atoms with Crippen LogP contribution in [0.3, 0.4) is 0 Å². The molecule has 1 aliphatic rings. The predicted molar refractivity (Wildman–Crippen MR) is 72.5 cm³/mol. The van der Waals surface area contributed by atoms with Gasteiger partial charge in [-0.1, -0.05) is 17.7 Å². The molecule has 1 fully saturated rings. The zero-order valence-electron chi connectivity index (χ0n) is 10.7. The first-order valence-electron chi connectivity index (χ1n) is 6.27. The van der Waals surface area contributed by atoms with E-state index in [0.29, 0.717) is 30.0 Å². The minimum atomic E-state index is -0.840. The molecule has 1 aliphatic heterocycles. The van der Waals surface area contributed by atoms with Gasteiger partial charge in [0.05, 0.1) is 16.5 Å². The van der Waals surface area contributed by atoms with Crippen LogP contribution >= 0.6 is 11.6 Å². The number of halogens is 1. The fourth-order valence-corrected chi connectivity index (χ4v) is 2.64. The van der Waals surface area contributed by atoms with Gasteiger partial charge in [-0.25, -0.2) is 0 Å². The first-order chi connectivity index (χ1) is 8.99. The minimum Gasteiger partial charge on any atom is -0.481 e. The Bertz CT molecular complexity index is 515. The van der Waals surface area contributed by atoms with Crippen molar-refractivity contribution < 1.29 is 14.7 Å². The van der Waals surface area contributed by atoms with Crippen LogP contribution in [0.1, 0.15) is 28.8 Å². The standard InChI is InChI=1S/C14H16ClNO3/c1-9-4-5-11(12(15)7-9)13(17)16-6-2-3-10(8-16)14(18)19/h4-5,7,10H,2-3,6,8H2,1H3,(H,18,19). The highest BCUT2D eigenvalue weighted by Gasteiger charge is 2.29. The van der Waals surface area contributed by atoms with Crippen LogP contribution in [0.25, 0.3) is 0 Å². The van der Waals surface area contributed by atoms with E-state index in [1.54, 1.807) is 17.0 Å². The highest BCUT2D eigenvalue weighted by molar-refractivity contribution is 6.33. The van der Waals surface area contributed by atoms with Crippen LogP contribution in [0.2, 0.25) is 5.02 Å². The van der Waals surface area contributed by atoms with E-state index in [-0.39, 0.29) is 12.5 Å². The summed E-state index contributed by atoms with van der Waals surface area (Å²) in [4.78, 5) is 24.9. The minimum absolute atomic E-state index is 0.184. The van der Waals surface area contributed by atoms with Gasteiger partial charge in [0.1, 0.15) is 0 Å². The molecule has 0 saturated carbocycles. The Kier molecular flexibility index (Phi) is 4.10. The van der Waals surface area contributed by atoms with E-state index in [2.05, 4.69) is 0 Å². The van der Waals surface area contributed by atoms with Crippen LogP contribution < -0.4 is 0 Å². The first-order valence-corrected chi connectivity index (χ1v) is 6.65. The highest BCUT2D eigenvalue weighted by atomic mass is 35.5. The summed E-state index contributed by atoms with van der Waals surface area (Å²) < 4.78 is 0. The molecule has 102 valence electrons. The summed E-state index contributed by atoms with van der Waals surface area (Å²) in [5.41, 5.74) is 1.43. The molecular weight excluding hydrogens is 266 g/mol. The number of hydrogen-bond acceptors (Lipinski definition) is 2. The smallest absolute Gasteiger partial charge is 0.308 e. The monoisotopic (exact) mass is 281 g/mol. The Hall–Kier alpha value is -1.55. The Labute approximate surface area is 117 Å². The Morgan fingerprint density at radius 1 is 1.42 bits per heavy atom. The molecule has 1 heterocycles. The number of carbonyl (C=O) groups excluding carboxylic acids is 1. The van der Waals surface area contributed by atoms with Crippen molar-refractivity contribution in [3.63, 3.8) is 0 Å². The van der Waals surface area contributed by atoms with Gasteiger partial charge in [-0.3, -0.25) is 9.59 Å². The third-order valence-electron chi connectivity index (χ3n) is 3.41. The number of amides is 1. The van der Waals surface area contributed by atoms with Crippen molar-refractivity contribution in [1.29, 1.82) is 0 Å². The number of nitrogens with zero attached hydrogens (tertiary/aromatic N) is 1. The SMILES string of the molecule is Cc1ccc(C(=O)N2CCCC(C(=O)O)C2)c(Cl)c1. The zero-order valence-corrected chi connectivity index (χ0v) is 11.5. The van der Waals surface area contributed by atoms with Gasteiger partial charge >= 0.3 is 5.97 Å². The van der Waals surface area contributed by atoms with Crippen LogP contribution in [-0.2, 0) is 4.79 Å². The number of hydrogen-bond donors (Lipinski definition) is 1. The molecule has 0 spiro atoms. The summed E-state index contributed by atoms with van der Waals surface area (Å²) in [7, 11) is 0. The average Bonchev–Trinajstić information content (AvgIpc) is 2.38. The van der Waals surface area contributed by atoms with Crippen LogP contribution in [-0.4, -0.2) is 35.0 Å². The molecule has 5 heteroatoms. The zero-order chi connectivity index (χ0) is 14.0. The van der Waals surface area contributed by atoms with Crippen LogP contribution in [0.15, 0.2) is 18.2 Å². The summed E-state index contributed by atoms with van der Waals surface area (Å²) in [5, 5.41) is 9.45. The molecule has 4 nitrogen and oxygen atoms in total. The van der Waals surface area contributed by atoms with Crippen molar-refractivity contribution in [2.45, 2.75) is 19.8 Å². The quantitative estimate of drug-likeness (QED) is 0.906. The molecule has 0 aliphatic carbocycles. The van der Waals surface area contributed by atoms with Crippen molar-refractivity contribution in [3.05, 3.63) is 34.3 Å². The highest BCUT2D eigenvalue weighted by Crippen LogP contribution is 2.23. The maximum Gasteiger partial charge on any atom is 0.308 e. The summed E-state index contributed by atoms with van der Waals surface area (Å²) in [5.74, 6) is -1.50. The average molecular weight is 282 g/mol. The van der Waals surface area contributed by atoms with Gasteiger partial charge in [0.25, 0.3) is 5.91 Å². The second-order valence-electron chi connectivity index (χ2n) is 4.91. The number of aryl methyl sites for hydroxylation is 1. The molecule has 19 heavy (non-hydrogen) atoms. The molecule has 0 bridgehead atoms. The van der Waals surface area contributed by atoms with E-state index in [0.717, 1.165) is 5.56 Å². The van der Waals surface area contributed by atoms with E-state index >= 15 is 0 Å². The van der Waals surface area contributed by atoms with Crippen LogP contribution in [0.4, 0.5) is 0 Å². The number of aliphatic carboxylic acids is 1. The molecule has 1 amide bonds. The Balaban J connectivity index is 2.17. The predicted octanol–water partition coefficient (Wildman–Crippen LogP) is 2.59. The van der Waals surface area contributed by atoms with Gasteiger partial charge in [0.2, 0.25) is 0 Å². The van der Waals surface area contributed by atoms with Crippen molar-refractivity contribution in [3.8, 4) is 0 Å². The molecule has 1 aromatic carbocycles. The Morgan fingerprint density at radius 3 is 2.79 bits per heavy atom. The van der Waals surface area contributed by atoms with Gasteiger partial charge in [0.15, 0.2) is 0 Å². The molecular formula is C14H16ClNO3. The molecule has 1 atom stereocenters. The molecule has 1 aromatic rings. The molecule has 1 saturated heterocycles. The Morgan fingerprint density at radius 2 is 2.16 bits per heavy atom. The lowest BCUT2D eigenvalue weighted by atomic mass is 9.97.